The van der Waals surface area contributed by atoms with Crippen molar-refractivity contribution in [3.63, 3.8) is 0 Å². The van der Waals surface area contributed by atoms with Gasteiger partial charge in [-0.25, -0.2) is 4.79 Å². The van der Waals surface area contributed by atoms with Crippen LogP contribution in [-0.2, 0) is 14.9 Å². The minimum atomic E-state index is -1.02. The Kier molecular flexibility index (Phi) is 9.14. The number of aliphatic hydroxyl groups excluding tert-OH is 1. The van der Waals surface area contributed by atoms with E-state index in [0.29, 0.717) is 24.3 Å². The fraction of sp³-hybridized carbons (Fsp3) is 0.423. The summed E-state index contributed by atoms with van der Waals surface area (Å²) >= 11 is 0. The predicted octanol–water partition coefficient (Wildman–Crippen LogP) is 4.78. The summed E-state index contributed by atoms with van der Waals surface area (Å²) in [6.45, 7) is 11.5. The quantitative estimate of drug-likeness (QED) is 0.296. The fourth-order valence-corrected chi connectivity index (χ4v) is 3.08. The summed E-state index contributed by atoms with van der Waals surface area (Å²) in [5.74, 6) is 0.585. The molecule has 2 aromatic carbocycles. The molecule has 32 heavy (non-hydrogen) atoms. The van der Waals surface area contributed by atoms with E-state index in [4.69, 9.17) is 14.2 Å². The lowest BCUT2D eigenvalue weighted by Crippen LogP contribution is -2.36. The summed E-state index contributed by atoms with van der Waals surface area (Å²) in [5.41, 5.74) is 0.844. The van der Waals surface area contributed by atoms with Crippen molar-refractivity contribution in [2.75, 3.05) is 13.2 Å². The molecule has 174 valence electrons. The molecule has 0 aliphatic rings. The molecule has 0 spiro atoms. The summed E-state index contributed by atoms with van der Waals surface area (Å²) < 4.78 is 16.8. The molecule has 0 fully saturated rings. The molecule has 6 nitrogen and oxygen atoms in total. The number of rotatable bonds is 11. The summed E-state index contributed by atoms with van der Waals surface area (Å²) in [5, 5.41) is 21.1. The molecule has 0 radical (unpaired) electrons. The number of carbonyl (C=O) groups excluding carboxylic acids is 1. The second-order valence-electron chi connectivity index (χ2n) is 8.81. The Morgan fingerprint density at radius 3 is 2.38 bits per heavy atom. The third kappa shape index (κ3) is 7.61. The van der Waals surface area contributed by atoms with Gasteiger partial charge in [0, 0.05) is 11.1 Å². The topological polar surface area (TPSA) is 85.2 Å². The Morgan fingerprint density at radius 1 is 1.06 bits per heavy atom. The summed E-state index contributed by atoms with van der Waals surface area (Å²) in [6.07, 6.45) is -0.939. The van der Waals surface area contributed by atoms with Crippen LogP contribution in [0.1, 0.15) is 46.1 Å². The first-order valence-electron chi connectivity index (χ1n) is 10.8. The first-order chi connectivity index (χ1) is 15.1. The fourth-order valence-electron chi connectivity index (χ4n) is 3.08. The van der Waals surface area contributed by atoms with Crippen molar-refractivity contribution in [3.05, 3.63) is 66.2 Å². The zero-order valence-electron chi connectivity index (χ0n) is 19.3. The van der Waals surface area contributed by atoms with Crippen molar-refractivity contribution in [3.8, 4) is 17.2 Å². The molecule has 2 atom stereocenters. The van der Waals surface area contributed by atoms with Gasteiger partial charge in [-0.15, -0.1) is 0 Å². The highest BCUT2D eigenvalue weighted by Gasteiger charge is 2.25. The van der Waals surface area contributed by atoms with E-state index < -0.39 is 18.2 Å². The van der Waals surface area contributed by atoms with Gasteiger partial charge in [-0.2, -0.15) is 0 Å². The number of para-hydroxylation sites is 2. The maximum Gasteiger partial charge on any atom is 0.333 e. The van der Waals surface area contributed by atoms with E-state index in [0.717, 1.165) is 5.56 Å². The van der Waals surface area contributed by atoms with Crippen LogP contribution in [0.4, 0.5) is 0 Å². The lowest BCUT2D eigenvalue weighted by Gasteiger charge is -2.24. The number of phenols is 1. The van der Waals surface area contributed by atoms with Gasteiger partial charge in [0.05, 0.1) is 6.61 Å². The number of carbonyl (C=O) groups is 1. The van der Waals surface area contributed by atoms with Crippen LogP contribution in [0, 0.1) is 0 Å². The second-order valence-corrected chi connectivity index (χ2v) is 8.81. The van der Waals surface area contributed by atoms with E-state index in [9.17, 15) is 15.0 Å². The van der Waals surface area contributed by atoms with Gasteiger partial charge in [0.1, 0.15) is 24.6 Å². The SMILES string of the molecule is C=C(C)C(=O)OC(CCCOc1cccc(C(C)(C)C)c1O)C(O)COc1ccccc1. The van der Waals surface area contributed by atoms with Gasteiger partial charge in [0.25, 0.3) is 0 Å². The number of hydrogen-bond donors (Lipinski definition) is 2. The van der Waals surface area contributed by atoms with Crippen molar-refractivity contribution < 1.29 is 29.2 Å². The Labute approximate surface area is 190 Å². The van der Waals surface area contributed by atoms with Crippen molar-refractivity contribution in [2.24, 2.45) is 0 Å². The zero-order chi connectivity index (χ0) is 23.7. The molecule has 0 bridgehead atoms. The average molecular weight is 443 g/mol. The lowest BCUT2D eigenvalue weighted by atomic mass is 9.86. The molecule has 2 unspecified atom stereocenters. The van der Waals surface area contributed by atoms with Crippen molar-refractivity contribution in [2.45, 2.75) is 58.2 Å². The molecule has 2 N–H and O–H groups in total. The molecule has 0 heterocycles. The monoisotopic (exact) mass is 442 g/mol. The normalized spacial score (nSPS) is 13.2. The number of benzene rings is 2. The molecule has 0 amide bonds. The molecule has 0 aliphatic carbocycles. The third-order valence-corrected chi connectivity index (χ3v) is 4.90. The number of hydrogen-bond acceptors (Lipinski definition) is 6. The second kappa shape index (κ2) is 11.6. The van der Waals surface area contributed by atoms with E-state index in [2.05, 4.69) is 6.58 Å². The van der Waals surface area contributed by atoms with Crippen LogP contribution in [-0.4, -0.2) is 41.6 Å². The third-order valence-electron chi connectivity index (χ3n) is 4.90. The van der Waals surface area contributed by atoms with E-state index in [-0.39, 0.29) is 30.0 Å². The maximum absolute atomic E-state index is 12.0. The van der Waals surface area contributed by atoms with E-state index in [1.54, 1.807) is 25.1 Å². The largest absolute Gasteiger partial charge is 0.504 e. The molecular weight excluding hydrogens is 408 g/mol. The number of aromatic hydroxyl groups is 1. The van der Waals surface area contributed by atoms with Gasteiger partial charge < -0.3 is 24.4 Å². The van der Waals surface area contributed by atoms with Gasteiger partial charge in [-0.05, 0) is 43.4 Å². The van der Waals surface area contributed by atoms with Crippen LogP contribution in [0.3, 0.4) is 0 Å². The van der Waals surface area contributed by atoms with Gasteiger partial charge in [-0.3, -0.25) is 0 Å². The van der Waals surface area contributed by atoms with Crippen molar-refractivity contribution in [1.29, 1.82) is 0 Å². The number of esters is 1. The van der Waals surface area contributed by atoms with Gasteiger partial charge in [0.2, 0.25) is 0 Å². The van der Waals surface area contributed by atoms with Gasteiger partial charge >= 0.3 is 5.97 Å². The summed E-state index contributed by atoms with van der Waals surface area (Å²) in [4.78, 5) is 12.0. The molecule has 2 rings (SSSR count). The van der Waals surface area contributed by atoms with Crippen molar-refractivity contribution >= 4 is 5.97 Å². The van der Waals surface area contributed by atoms with Gasteiger partial charge in [-0.1, -0.05) is 57.7 Å². The van der Waals surface area contributed by atoms with E-state index >= 15 is 0 Å². The summed E-state index contributed by atoms with van der Waals surface area (Å²) in [7, 11) is 0. The number of aliphatic hydroxyl groups is 1. The molecule has 2 aromatic rings. The van der Waals surface area contributed by atoms with Crippen molar-refractivity contribution in [1.82, 2.24) is 0 Å². The number of phenolic OH excluding ortho intramolecular Hbond substituents is 1. The highest BCUT2D eigenvalue weighted by Crippen LogP contribution is 2.37. The van der Waals surface area contributed by atoms with E-state index in [1.165, 1.54) is 0 Å². The van der Waals surface area contributed by atoms with Crippen LogP contribution >= 0.6 is 0 Å². The zero-order valence-corrected chi connectivity index (χ0v) is 19.3. The molecule has 6 heteroatoms. The van der Waals surface area contributed by atoms with Crippen LogP contribution in [0.25, 0.3) is 0 Å². The highest BCUT2D eigenvalue weighted by molar-refractivity contribution is 5.87. The van der Waals surface area contributed by atoms with Gasteiger partial charge in [0.15, 0.2) is 11.5 Å². The molecule has 0 saturated heterocycles. The lowest BCUT2D eigenvalue weighted by molar-refractivity contribution is -0.152. The minimum absolute atomic E-state index is 0.0204. The summed E-state index contributed by atoms with van der Waals surface area (Å²) in [6, 6.07) is 14.5. The Hall–Kier alpha value is -2.99. The standard InChI is InChI=1S/C26H34O6/c1-18(2)25(29)32-22(21(27)17-31-19-11-7-6-8-12-19)15-10-16-30-23-14-9-13-20(24(23)28)26(3,4)5/h6-9,11-14,21-22,27-28H,1,10,15-17H2,2-5H3. The highest BCUT2D eigenvalue weighted by atomic mass is 16.6. The Balaban J connectivity index is 1.95. The van der Waals surface area contributed by atoms with Crippen LogP contribution in [0.2, 0.25) is 0 Å². The first-order valence-corrected chi connectivity index (χ1v) is 10.8. The van der Waals surface area contributed by atoms with Crippen LogP contribution in [0.15, 0.2) is 60.7 Å². The first kappa shape index (κ1) is 25.3. The molecule has 0 aromatic heterocycles. The minimum Gasteiger partial charge on any atom is -0.504 e. The smallest absolute Gasteiger partial charge is 0.333 e. The van der Waals surface area contributed by atoms with Crippen LogP contribution in [0.5, 0.6) is 17.2 Å². The predicted molar refractivity (Wildman–Crippen MR) is 124 cm³/mol. The number of ether oxygens (including phenoxy) is 3. The maximum atomic E-state index is 12.0. The molecule has 0 saturated carbocycles. The van der Waals surface area contributed by atoms with E-state index in [1.807, 2.05) is 51.1 Å². The van der Waals surface area contributed by atoms with Crippen LogP contribution < -0.4 is 9.47 Å². The molecular formula is C26H34O6. The Bertz CT molecular complexity index is 885. The Morgan fingerprint density at radius 2 is 1.75 bits per heavy atom. The average Bonchev–Trinajstić information content (AvgIpc) is 2.74. The molecule has 0 aliphatic heterocycles.